The van der Waals surface area contributed by atoms with E-state index in [2.05, 4.69) is 61.0 Å². The molecule has 0 saturated carbocycles. The number of carbonyl (C=O) groups is 2. The molecule has 7 rings (SSSR count). The lowest BCUT2D eigenvalue weighted by Gasteiger charge is -2.27. The summed E-state index contributed by atoms with van der Waals surface area (Å²) in [5.74, 6) is 1.94. The molecule has 2 aliphatic heterocycles. The minimum atomic E-state index is -1.29. The summed E-state index contributed by atoms with van der Waals surface area (Å²) in [5.41, 5.74) is 5.84. The number of carbonyl (C=O) groups excluding carboxylic acids is 1. The third-order valence-electron chi connectivity index (χ3n) is 10.0. The van der Waals surface area contributed by atoms with Gasteiger partial charge in [0.1, 0.15) is 29.7 Å². The third-order valence-corrected chi connectivity index (χ3v) is 11.7. The van der Waals surface area contributed by atoms with Crippen molar-refractivity contribution in [1.82, 2.24) is 39.3 Å². The van der Waals surface area contributed by atoms with Crippen LogP contribution in [-0.4, -0.2) is 90.0 Å². The van der Waals surface area contributed by atoms with E-state index in [9.17, 15) is 14.7 Å². The number of rotatable bonds is 10. The highest BCUT2D eigenvalue weighted by atomic mass is 28.3. The highest BCUT2D eigenvalue weighted by Crippen LogP contribution is 2.35. The lowest BCUT2D eigenvalue weighted by atomic mass is 10.0. The van der Waals surface area contributed by atoms with Crippen LogP contribution in [0.25, 0.3) is 44.8 Å². The molecule has 5 aromatic rings. The number of nitrogens with zero attached hydrogens (tertiary/aromatic N) is 7. The summed E-state index contributed by atoms with van der Waals surface area (Å²) >= 11 is 0. The van der Waals surface area contributed by atoms with E-state index in [1.54, 1.807) is 23.5 Å². The second-order valence-corrected chi connectivity index (χ2v) is 22.1. The molecule has 5 heterocycles. The number of amides is 2. The van der Waals surface area contributed by atoms with Gasteiger partial charge >= 0.3 is 12.2 Å². The van der Waals surface area contributed by atoms with Gasteiger partial charge in [0.25, 0.3) is 0 Å². The van der Waals surface area contributed by atoms with Gasteiger partial charge in [-0.3, -0.25) is 14.4 Å². The van der Waals surface area contributed by atoms with Gasteiger partial charge < -0.3 is 19.6 Å². The van der Waals surface area contributed by atoms with E-state index in [0.717, 1.165) is 64.4 Å². The molecular weight excluding hydrogens is 701 g/mol. The number of nitrogens with one attached hydrogen (secondary N) is 1. The molecule has 0 bridgehead atoms. The molecule has 0 radical (unpaired) electrons. The Kier molecular flexibility index (Phi) is 10.3. The monoisotopic (exact) mass is 750 g/mol. The Morgan fingerprint density at radius 2 is 1.52 bits per heavy atom. The largest absolute Gasteiger partial charge is 0.465 e. The molecule has 54 heavy (non-hydrogen) atoms. The number of imidazole rings is 2. The Morgan fingerprint density at radius 3 is 2.19 bits per heavy atom. The number of aromatic amines is 1. The first-order valence-electron chi connectivity index (χ1n) is 18.8. The molecule has 2 saturated heterocycles. The van der Waals surface area contributed by atoms with Gasteiger partial charge in [-0.15, -0.1) is 0 Å². The zero-order chi connectivity index (χ0) is 38.2. The predicted molar refractivity (Wildman–Crippen MR) is 210 cm³/mol. The first kappa shape index (κ1) is 37.2. The zero-order valence-electron chi connectivity index (χ0n) is 32.0. The molecular formula is C40H50N8O5Si. The minimum Gasteiger partial charge on any atom is -0.465 e. The van der Waals surface area contributed by atoms with Crippen molar-refractivity contribution in [3.63, 3.8) is 0 Å². The van der Waals surface area contributed by atoms with Crippen molar-refractivity contribution in [3.05, 3.63) is 72.7 Å². The van der Waals surface area contributed by atoms with Gasteiger partial charge in [0.2, 0.25) is 0 Å². The lowest BCUT2D eigenvalue weighted by Crippen LogP contribution is -2.36. The van der Waals surface area contributed by atoms with Crippen molar-refractivity contribution in [1.29, 1.82) is 0 Å². The van der Waals surface area contributed by atoms with Crippen molar-refractivity contribution in [2.24, 2.45) is 0 Å². The molecule has 2 aliphatic rings. The number of carboxylic acid groups (broad SMARTS) is 1. The summed E-state index contributed by atoms with van der Waals surface area (Å²) in [6.07, 6.45) is 7.32. The maximum atomic E-state index is 12.9. The fraction of sp³-hybridized carbons (Fsp3) is 0.450. The normalized spacial score (nSPS) is 17.8. The van der Waals surface area contributed by atoms with Gasteiger partial charge in [-0.05, 0) is 81.3 Å². The first-order chi connectivity index (χ1) is 25.7. The highest BCUT2D eigenvalue weighted by molar-refractivity contribution is 6.76. The van der Waals surface area contributed by atoms with Gasteiger partial charge in [0.15, 0.2) is 5.82 Å². The average Bonchev–Trinajstić information content (AvgIpc) is 3.94. The molecule has 284 valence electrons. The number of H-pyrrole nitrogens is 1. The summed E-state index contributed by atoms with van der Waals surface area (Å²) in [4.78, 5) is 50.7. The van der Waals surface area contributed by atoms with Crippen LogP contribution in [0.15, 0.2) is 61.1 Å². The molecule has 3 aromatic heterocycles. The van der Waals surface area contributed by atoms with Crippen LogP contribution in [-0.2, 0) is 16.2 Å². The fourth-order valence-electron chi connectivity index (χ4n) is 7.19. The third kappa shape index (κ3) is 8.19. The Labute approximate surface area is 316 Å². The summed E-state index contributed by atoms with van der Waals surface area (Å²) in [6.45, 7) is 14.6. The van der Waals surface area contributed by atoms with Crippen LogP contribution in [0.2, 0.25) is 25.7 Å². The van der Waals surface area contributed by atoms with Crippen molar-refractivity contribution < 1.29 is 24.2 Å². The smallest absolute Gasteiger partial charge is 0.410 e. The van der Waals surface area contributed by atoms with Crippen LogP contribution < -0.4 is 0 Å². The van der Waals surface area contributed by atoms with Crippen LogP contribution in [0.3, 0.4) is 0 Å². The van der Waals surface area contributed by atoms with Crippen molar-refractivity contribution in [2.45, 2.75) is 96.6 Å². The molecule has 2 fully saturated rings. The quantitative estimate of drug-likeness (QED) is 0.105. The molecule has 2 aromatic carbocycles. The maximum absolute atomic E-state index is 12.9. The molecule has 2 amide bonds. The van der Waals surface area contributed by atoms with E-state index in [1.807, 2.05) is 31.4 Å². The van der Waals surface area contributed by atoms with Gasteiger partial charge in [-0.2, -0.15) is 0 Å². The number of ether oxygens (including phenoxy) is 2. The van der Waals surface area contributed by atoms with Gasteiger partial charge in [-0.1, -0.05) is 50.0 Å². The highest BCUT2D eigenvalue weighted by Gasteiger charge is 2.36. The van der Waals surface area contributed by atoms with E-state index >= 15 is 0 Å². The van der Waals surface area contributed by atoms with Crippen LogP contribution in [0, 0.1) is 0 Å². The van der Waals surface area contributed by atoms with Gasteiger partial charge in [-0.25, -0.2) is 29.5 Å². The Balaban J connectivity index is 1.07. The number of fused-ring (bicyclic) bond motifs is 1. The Hall–Kier alpha value is -5.08. The average molecular weight is 751 g/mol. The topological polar surface area (TPSA) is 152 Å². The maximum Gasteiger partial charge on any atom is 0.410 e. The van der Waals surface area contributed by atoms with E-state index in [0.29, 0.717) is 43.5 Å². The summed E-state index contributed by atoms with van der Waals surface area (Å²) in [5, 5.41) is 9.83. The number of likely N-dealkylation sites (tertiary alicyclic amines) is 2. The Bertz CT molecular complexity index is 2120. The van der Waals surface area contributed by atoms with Gasteiger partial charge in [0, 0.05) is 45.7 Å². The molecule has 0 spiro atoms. The molecule has 14 heteroatoms. The summed E-state index contributed by atoms with van der Waals surface area (Å²) in [7, 11) is -1.29. The van der Waals surface area contributed by atoms with Crippen LogP contribution in [0.5, 0.6) is 0 Å². The van der Waals surface area contributed by atoms with E-state index in [4.69, 9.17) is 29.4 Å². The van der Waals surface area contributed by atoms with E-state index in [-0.39, 0.29) is 24.9 Å². The van der Waals surface area contributed by atoms with E-state index in [1.165, 1.54) is 4.90 Å². The number of aromatic nitrogens is 6. The molecule has 2 atom stereocenters. The zero-order valence-corrected chi connectivity index (χ0v) is 33.0. The molecule has 0 aliphatic carbocycles. The molecule has 13 nitrogen and oxygen atoms in total. The Morgan fingerprint density at radius 1 is 0.870 bits per heavy atom. The number of hydrogen-bond donors (Lipinski definition) is 2. The van der Waals surface area contributed by atoms with Crippen molar-refractivity contribution in [2.75, 3.05) is 19.7 Å². The predicted octanol–water partition coefficient (Wildman–Crippen LogP) is 8.75. The van der Waals surface area contributed by atoms with Crippen LogP contribution in [0.4, 0.5) is 9.59 Å². The van der Waals surface area contributed by atoms with Crippen molar-refractivity contribution in [3.8, 4) is 33.8 Å². The number of hydrogen-bond acceptors (Lipinski definition) is 8. The SMILES string of the molecule is CC(C)(C)OC(=O)N1CCC[C@H]1c1nc2cc(-c3ccc(-c4cnc(-c5cnc([C@@H]6CCCN6C(=O)O)n5COCC[Si](C)(C)C)nc4)cc3)ccc2[nH]1. The first-order valence-corrected chi connectivity index (χ1v) is 22.5. The second kappa shape index (κ2) is 15.0. The van der Waals surface area contributed by atoms with Crippen LogP contribution in [0.1, 0.15) is 70.2 Å². The second-order valence-electron chi connectivity index (χ2n) is 16.5. The van der Waals surface area contributed by atoms with Crippen LogP contribution >= 0.6 is 0 Å². The minimum absolute atomic E-state index is 0.145. The molecule has 0 unspecified atom stereocenters. The lowest BCUT2D eigenvalue weighted by molar-refractivity contribution is 0.0218. The van der Waals surface area contributed by atoms with E-state index < -0.39 is 19.8 Å². The standard InChI is InChI=1S/C40H50N8O5Si/c1-40(2,3)53-39(51)47-18-7-9-32(47)36-44-30-16-15-28(21-31(30)45-36)26-11-13-27(14-12-26)29-22-41-35(42-23-29)34-24-43-37(33-10-8-17-46(33)38(49)50)48(34)25-52-19-20-54(4,5)6/h11-16,21-24,32-33H,7-10,17-20,25H2,1-6H3,(H,44,45)(H,49,50)/t32-,33-/m0/s1. The van der Waals surface area contributed by atoms with Gasteiger partial charge in [0.05, 0.1) is 29.3 Å². The molecule has 2 N–H and O–H groups in total. The summed E-state index contributed by atoms with van der Waals surface area (Å²) in [6, 6.07) is 15.0. The fourth-order valence-corrected chi connectivity index (χ4v) is 7.94. The number of benzene rings is 2. The van der Waals surface area contributed by atoms with Crippen molar-refractivity contribution >= 4 is 31.3 Å². The summed E-state index contributed by atoms with van der Waals surface area (Å²) < 4.78 is 13.7.